The van der Waals surface area contributed by atoms with Crippen molar-refractivity contribution in [2.75, 3.05) is 36.4 Å². The first-order valence-electron chi connectivity index (χ1n) is 14.3. The molecule has 1 amide bonds. The average Bonchev–Trinajstić information content (AvgIpc) is 3.34. The van der Waals surface area contributed by atoms with E-state index in [9.17, 15) is 14.7 Å². The number of nitrogens with zero attached hydrogens (tertiary/aromatic N) is 4. The Morgan fingerprint density at radius 2 is 1.83 bits per heavy atom. The van der Waals surface area contributed by atoms with Gasteiger partial charge in [-0.25, -0.2) is 14.4 Å². The van der Waals surface area contributed by atoms with E-state index in [-0.39, 0.29) is 40.9 Å². The topological polar surface area (TPSA) is 124 Å². The van der Waals surface area contributed by atoms with E-state index in [2.05, 4.69) is 25.2 Å². The molecule has 3 N–H and O–H groups in total. The summed E-state index contributed by atoms with van der Waals surface area (Å²) in [5.74, 6) is -0.275. The summed E-state index contributed by atoms with van der Waals surface area (Å²) in [4.78, 5) is 41.7. The number of aliphatic hydroxyl groups is 1. The Morgan fingerprint density at radius 3 is 2.55 bits per heavy atom. The van der Waals surface area contributed by atoms with Crippen molar-refractivity contribution >= 4 is 34.0 Å². The van der Waals surface area contributed by atoms with Crippen LogP contribution in [0.1, 0.15) is 36.0 Å². The molecule has 0 radical (unpaired) electrons. The van der Waals surface area contributed by atoms with E-state index in [0.717, 1.165) is 31.6 Å². The molecule has 216 valence electrons. The van der Waals surface area contributed by atoms with Gasteiger partial charge in [-0.3, -0.25) is 9.59 Å². The number of aromatic nitrogens is 3. The van der Waals surface area contributed by atoms with E-state index in [1.165, 1.54) is 12.3 Å². The predicted octanol–water partition coefficient (Wildman–Crippen LogP) is 3.83. The number of morpholine rings is 1. The molecule has 3 aliphatic rings. The van der Waals surface area contributed by atoms with Crippen molar-refractivity contribution in [2.45, 2.75) is 44.0 Å². The fourth-order valence-electron chi connectivity index (χ4n) is 6.16. The molecule has 6 heterocycles. The fourth-order valence-corrected chi connectivity index (χ4v) is 6.16. The maximum absolute atomic E-state index is 15.6. The number of pyridine rings is 3. The van der Waals surface area contributed by atoms with E-state index >= 15 is 4.39 Å². The zero-order valence-electron chi connectivity index (χ0n) is 22.9. The average molecular weight is 571 g/mol. The van der Waals surface area contributed by atoms with Gasteiger partial charge in [-0.15, -0.1) is 0 Å². The van der Waals surface area contributed by atoms with Gasteiger partial charge in [0.2, 0.25) is 0 Å². The molecule has 2 bridgehead atoms. The summed E-state index contributed by atoms with van der Waals surface area (Å²) in [5, 5.41) is 13.3. The highest BCUT2D eigenvalue weighted by Crippen LogP contribution is 2.32. The van der Waals surface area contributed by atoms with Crippen molar-refractivity contribution < 1.29 is 19.0 Å². The summed E-state index contributed by atoms with van der Waals surface area (Å²) in [6.07, 6.45) is 6.42. The summed E-state index contributed by atoms with van der Waals surface area (Å²) in [5.41, 5.74) is 2.26. The van der Waals surface area contributed by atoms with Gasteiger partial charge in [0, 0.05) is 43.5 Å². The number of ether oxygens (including phenoxy) is 1. The third-order valence-corrected chi connectivity index (χ3v) is 8.39. The summed E-state index contributed by atoms with van der Waals surface area (Å²) < 4.78 is 21.4. The number of fused-ring (bicyclic) bond motifs is 3. The van der Waals surface area contributed by atoms with Crippen LogP contribution < -0.4 is 15.8 Å². The molecule has 0 spiro atoms. The lowest BCUT2D eigenvalue weighted by atomic mass is 10.0. The summed E-state index contributed by atoms with van der Waals surface area (Å²) >= 11 is 0. The number of likely N-dealkylation sites (tertiary alicyclic amines) is 1. The third kappa shape index (κ3) is 5.10. The van der Waals surface area contributed by atoms with Gasteiger partial charge in [0.15, 0.2) is 0 Å². The zero-order chi connectivity index (χ0) is 28.8. The van der Waals surface area contributed by atoms with Crippen LogP contribution in [0.3, 0.4) is 0 Å². The van der Waals surface area contributed by atoms with Crippen LogP contribution in [0.15, 0.2) is 59.7 Å². The second kappa shape index (κ2) is 10.8. The van der Waals surface area contributed by atoms with Crippen molar-refractivity contribution in [1.29, 1.82) is 0 Å². The van der Waals surface area contributed by atoms with Gasteiger partial charge in [0.25, 0.3) is 11.5 Å². The number of rotatable bonds is 5. The fraction of sp³-hybridized carbons (Fsp3) is 0.355. The van der Waals surface area contributed by atoms with Crippen LogP contribution in [0, 0.1) is 5.82 Å². The number of hydrogen-bond donors (Lipinski definition) is 3. The highest BCUT2D eigenvalue weighted by Gasteiger charge is 2.36. The second-order valence-corrected chi connectivity index (χ2v) is 11.2. The molecule has 3 aromatic heterocycles. The standard InChI is InChI=1S/C31H31FN6O4/c32-24-13-18(31(41)38-16-21-3-4-22(17-38)42-21)1-5-23(24)26-14-27(29-25(35-26)7-10-33-30(29)40)36-28-6-2-19(15-34-28)37-11-8-20(39)9-12-37/h1-2,5-7,10,13-15,20-22,39H,3-4,8-9,11-12,16-17H2,(H,33,40)(H,34,35,36). The van der Waals surface area contributed by atoms with Gasteiger partial charge >= 0.3 is 0 Å². The minimum atomic E-state index is -0.575. The quantitative estimate of drug-likeness (QED) is 0.331. The first-order valence-corrected chi connectivity index (χ1v) is 14.3. The molecule has 0 aliphatic carbocycles. The molecule has 3 aliphatic heterocycles. The molecule has 10 nitrogen and oxygen atoms in total. The maximum atomic E-state index is 15.6. The van der Waals surface area contributed by atoms with Crippen LogP contribution in [-0.4, -0.2) is 75.4 Å². The van der Waals surface area contributed by atoms with Crippen LogP contribution in [0.25, 0.3) is 22.2 Å². The largest absolute Gasteiger partial charge is 0.393 e. The van der Waals surface area contributed by atoms with E-state index in [4.69, 9.17) is 4.74 Å². The van der Waals surface area contributed by atoms with Gasteiger partial charge in [0.05, 0.1) is 52.5 Å². The molecule has 4 aromatic rings. The monoisotopic (exact) mass is 570 g/mol. The van der Waals surface area contributed by atoms with Crippen molar-refractivity contribution in [3.8, 4) is 11.3 Å². The van der Waals surface area contributed by atoms with E-state index in [0.29, 0.717) is 54.0 Å². The van der Waals surface area contributed by atoms with Gasteiger partial charge in [-0.1, -0.05) is 0 Å². The van der Waals surface area contributed by atoms with Crippen molar-refractivity contribution in [1.82, 2.24) is 19.9 Å². The number of benzene rings is 1. The lowest BCUT2D eigenvalue weighted by Crippen LogP contribution is -2.45. The maximum Gasteiger partial charge on any atom is 0.259 e. The molecule has 3 fully saturated rings. The molecule has 2 unspecified atom stereocenters. The molecule has 1 aromatic carbocycles. The van der Waals surface area contributed by atoms with Gasteiger partial charge in [-0.2, -0.15) is 0 Å². The summed E-state index contributed by atoms with van der Waals surface area (Å²) in [6.45, 7) is 2.55. The molecular formula is C31H31FN6O4. The van der Waals surface area contributed by atoms with Gasteiger partial charge < -0.3 is 29.9 Å². The number of carbonyl (C=O) groups is 1. The number of carbonyl (C=O) groups excluding carboxylic acids is 1. The Labute approximate surface area is 241 Å². The number of H-pyrrole nitrogens is 1. The second-order valence-electron chi connectivity index (χ2n) is 11.2. The predicted molar refractivity (Wildman–Crippen MR) is 157 cm³/mol. The van der Waals surface area contributed by atoms with E-state index in [1.54, 1.807) is 35.4 Å². The molecule has 2 atom stereocenters. The minimum Gasteiger partial charge on any atom is -0.393 e. The number of nitrogens with one attached hydrogen (secondary N) is 2. The van der Waals surface area contributed by atoms with Crippen LogP contribution >= 0.6 is 0 Å². The minimum absolute atomic E-state index is 0.0529. The van der Waals surface area contributed by atoms with E-state index < -0.39 is 5.82 Å². The molecule has 0 saturated carbocycles. The summed E-state index contributed by atoms with van der Waals surface area (Å²) in [6, 6.07) is 11.5. The van der Waals surface area contributed by atoms with Crippen molar-refractivity contribution in [3.63, 3.8) is 0 Å². The molecule has 7 rings (SSSR count). The molecule has 42 heavy (non-hydrogen) atoms. The Balaban J connectivity index is 1.17. The van der Waals surface area contributed by atoms with Gasteiger partial charge in [-0.05, 0) is 68.1 Å². The van der Waals surface area contributed by atoms with Gasteiger partial charge in [0.1, 0.15) is 11.6 Å². The first-order chi connectivity index (χ1) is 20.4. The third-order valence-electron chi connectivity index (χ3n) is 8.39. The lowest BCUT2D eigenvalue weighted by molar-refractivity contribution is -0.0303. The number of piperidine rings is 1. The number of aromatic amines is 1. The Bertz CT molecular complexity index is 1690. The van der Waals surface area contributed by atoms with Crippen LogP contribution in [0.5, 0.6) is 0 Å². The number of anilines is 3. The molecule has 11 heteroatoms. The van der Waals surface area contributed by atoms with Crippen molar-refractivity contribution in [2.24, 2.45) is 0 Å². The van der Waals surface area contributed by atoms with Crippen LogP contribution in [0.2, 0.25) is 0 Å². The molecule has 3 saturated heterocycles. The summed E-state index contributed by atoms with van der Waals surface area (Å²) in [7, 11) is 0. The highest BCUT2D eigenvalue weighted by atomic mass is 19.1. The normalized spacial score (nSPS) is 20.7. The lowest BCUT2D eigenvalue weighted by Gasteiger charge is -2.32. The molecular weight excluding hydrogens is 539 g/mol. The first kappa shape index (κ1) is 26.5. The Morgan fingerprint density at radius 1 is 1.05 bits per heavy atom. The number of amides is 1. The number of aliphatic hydroxyl groups excluding tert-OH is 1. The Hall–Kier alpha value is -4.35. The zero-order valence-corrected chi connectivity index (χ0v) is 22.9. The Kier molecular flexibility index (Phi) is 6.83. The smallest absolute Gasteiger partial charge is 0.259 e. The van der Waals surface area contributed by atoms with E-state index in [1.807, 2.05) is 12.1 Å². The number of hydrogen-bond acceptors (Lipinski definition) is 8. The van der Waals surface area contributed by atoms with Crippen LogP contribution in [0.4, 0.5) is 21.6 Å². The SMILES string of the molecule is O=C(c1ccc(-c2cc(Nc3ccc(N4CCC(O)CC4)cn3)c3c(=O)[nH]ccc3n2)c(F)c1)N1CC2CCC(C1)O2. The van der Waals surface area contributed by atoms with Crippen molar-refractivity contribution in [3.05, 3.63) is 76.6 Å². The van der Waals surface area contributed by atoms with Crippen LogP contribution in [-0.2, 0) is 4.74 Å². The number of halogens is 1. The highest BCUT2D eigenvalue weighted by molar-refractivity contribution is 5.96.